The summed E-state index contributed by atoms with van der Waals surface area (Å²) in [6, 6.07) is 12.2. The second-order valence-corrected chi connectivity index (χ2v) is 7.78. The van der Waals surface area contributed by atoms with Crippen molar-refractivity contribution in [3.8, 4) is 11.5 Å². The van der Waals surface area contributed by atoms with Crippen molar-refractivity contribution in [2.75, 3.05) is 12.9 Å². The summed E-state index contributed by atoms with van der Waals surface area (Å²) < 4.78 is 34.7. The van der Waals surface area contributed by atoms with Gasteiger partial charge in [-0.25, -0.2) is 0 Å². The van der Waals surface area contributed by atoms with E-state index in [1.165, 1.54) is 49.4 Å². The maximum atomic E-state index is 12.3. The van der Waals surface area contributed by atoms with Gasteiger partial charge in [-0.05, 0) is 54.1 Å². The van der Waals surface area contributed by atoms with Gasteiger partial charge in [0.2, 0.25) is 5.91 Å². The lowest BCUT2D eigenvalue weighted by atomic mass is 10.2. The molecule has 3 rings (SSSR count). The molecule has 0 unspecified atom stereocenters. The second kappa shape index (κ2) is 8.23. The van der Waals surface area contributed by atoms with Crippen LogP contribution in [0, 0.1) is 0 Å². The Morgan fingerprint density at radius 2 is 1.74 bits per heavy atom. The molecule has 0 saturated carbocycles. The van der Waals surface area contributed by atoms with E-state index in [2.05, 4.69) is 15.5 Å². The summed E-state index contributed by atoms with van der Waals surface area (Å²) in [6.07, 6.45) is 1.49. The van der Waals surface area contributed by atoms with Crippen molar-refractivity contribution >= 4 is 39.2 Å². The van der Waals surface area contributed by atoms with Crippen LogP contribution in [0.3, 0.4) is 0 Å². The van der Waals surface area contributed by atoms with Gasteiger partial charge in [0.05, 0.1) is 19.1 Å². The third-order valence-electron chi connectivity index (χ3n) is 3.38. The highest BCUT2D eigenvalue weighted by Gasteiger charge is 2.17. The van der Waals surface area contributed by atoms with E-state index in [-0.39, 0.29) is 16.6 Å². The molecule has 0 aliphatic carbocycles. The number of carbonyl (C=O) groups is 1. The lowest BCUT2D eigenvalue weighted by Crippen LogP contribution is -2.19. The Bertz CT molecular complexity index is 984. The molecule has 2 aromatic rings. The number of nitrogens with zero attached hydrogens (tertiary/aromatic N) is 2. The van der Waals surface area contributed by atoms with Crippen molar-refractivity contribution in [3.63, 3.8) is 0 Å². The highest BCUT2D eigenvalue weighted by Crippen LogP contribution is 2.21. The first-order chi connectivity index (χ1) is 13.0. The Labute approximate surface area is 160 Å². The van der Waals surface area contributed by atoms with Crippen LogP contribution in [0.1, 0.15) is 5.56 Å². The van der Waals surface area contributed by atoms with E-state index >= 15 is 0 Å². The van der Waals surface area contributed by atoms with Gasteiger partial charge < -0.3 is 14.2 Å². The highest BCUT2D eigenvalue weighted by molar-refractivity contribution is 8.15. The van der Waals surface area contributed by atoms with E-state index in [4.69, 9.17) is 8.92 Å². The molecule has 8 nitrogen and oxygen atoms in total. The number of benzene rings is 2. The zero-order valence-corrected chi connectivity index (χ0v) is 15.8. The van der Waals surface area contributed by atoms with Gasteiger partial charge in [0, 0.05) is 0 Å². The zero-order chi connectivity index (χ0) is 19.3. The molecule has 27 heavy (non-hydrogen) atoms. The van der Waals surface area contributed by atoms with Crippen LogP contribution in [0.15, 0.2) is 63.6 Å². The molecule has 1 aliphatic heterocycles. The molecule has 0 radical (unpaired) electrons. The molecule has 1 fully saturated rings. The smallest absolute Gasteiger partial charge is 0.339 e. The topological polar surface area (TPSA) is 106 Å². The standard InChI is InChI=1S/C17H15N3O5S2/c1-24-13-6-8-15(9-7-13)27(22,23)25-14-4-2-12(3-5-14)10-18-20-17-19-16(21)11-26-17/h2-10H,11H2,1H3,(H,19,20,21)/b18-10-. The molecule has 10 heteroatoms. The summed E-state index contributed by atoms with van der Waals surface area (Å²) in [5.74, 6) is 0.960. The third kappa shape index (κ3) is 5.08. The van der Waals surface area contributed by atoms with Crippen molar-refractivity contribution in [3.05, 3.63) is 54.1 Å². The Balaban J connectivity index is 1.65. The maximum Gasteiger partial charge on any atom is 0.339 e. The number of thioether (sulfide) groups is 1. The van der Waals surface area contributed by atoms with Gasteiger partial charge in [-0.15, -0.1) is 5.10 Å². The average molecular weight is 405 g/mol. The number of carbonyl (C=O) groups excluding carboxylic acids is 1. The molecule has 1 aliphatic rings. The molecule has 2 aromatic carbocycles. The van der Waals surface area contributed by atoms with Gasteiger partial charge in [-0.3, -0.25) is 4.79 Å². The summed E-state index contributed by atoms with van der Waals surface area (Å²) in [6.45, 7) is 0. The molecular weight excluding hydrogens is 390 g/mol. The van der Waals surface area contributed by atoms with Crippen LogP contribution in [0.2, 0.25) is 0 Å². The first kappa shape index (κ1) is 18.9. The predicted octanol–water partition coefficient (Wildman–Crippen LogP) is 2.02. The van der Waals surface area contributed by atoms with E-state index in [1.807, 2.05) is 0 Å². The van der Waals surface area contributed by atoms with Crippen molar-refractivity contribution in [2.45, 2.75) is 4.90 Å². The summed E-state index contributed by atoms with van der Waals surface area (Å²) in [5, 5.41) is 10.8. The molecule has 1 N–H and O–H groups in total. The quantitative estimate of drug-likeness (QED) is 0.448. The number of hydrogen-bond acceptors (Lipinski definition) is 8. The fraction of sp³-hybridized carbons (Fsp3) is 0.118. The summed E-state index contributed by atoms with van der Waals surface area (Å²) >= 11 is 1.28. The van der Waals surface area contributed by atoms with Crippen LogP contribution in [-0.4, -0.2) is 38.6 Å². The van der Waals surface area contributed by atoms with E-state index < -0.39 is 10.1 Å². The number of ether oxygens (including phenoxy) is 1. The van der Waals surface area contributed by atoms with Gasteiger partial charge in [-0.2, -0.15) is 13.5 Å². The minimum Gasteiger partial charge on any atom is -0.497 e. The van der Waals surface area contributed by atoms with Gasteiger partial charge >= 0.3 is 10.1 Å². The van der Waals surface area contributed by atoms with Crippen LogP contribution in [0.25, 0.3) is 0 Å². The Morgan fingerprint density at radius 3 is 2.33 bits per heavy atom. The highest BCUT2D eigenvalue weighted by atomic mass is 32.2. The largest absolute Gasteiger partial charge is 0.497 e. The summed E-state index contributed by atoms with van der Waals surface area (Å²) in [4.78, 5) is 11.1. The fourth-order valence-electron chi connectivity index (χ4n) is 2.05. The van der Waals surface area contributed by atoms with Crippen molar-refractivity contribution in [1.82, 2.24) is 5.32 Å². The SMILES string of the molecule is COc1ccc(S(=O)(=O)Oc2ccc(/C=N\N=C3\NC(=O)CS3)cc2)cc1. The predicted molar refractivity (Wildman–Crippen MR) is 103 cm³/mol. The summed E-state index contributed by atoms with van der Waals surface area (Å²) in [5.41, 5.74) is 0.697. The van der Waals surface area contributed by atoms with E-state index in [0.29, 0.717) is 22.2 Å². The number of amidine groups is 1. The van der Waals surface area contributed by atoms with Crippen molar-refractivity contribution in [1.29, 1.82) is 0 Å². The first-order valence-electron chi connectivity index (χ1n) is 7.68. The molecule has 0 spiro atoms. The molecule has 1 heterocycles. The lowest BCUT2D eigenvalue weighted by molar-refractivity contribution is -0.116. The molecule has 0 aromatic heterocycles. The third-order valence-corrected chi connectivity index (χ3v) is 5.50. The Kier molecular flexibility index (Phi) is 5.77. The molecule has 0 atom stereocenters. The number of rotatable bonds is 6. The van der Waals surface area contributed by atoms with Crippen LogP contribution < -0.4 is 14.2 Å². The van der Waals surface area contributed by atoms with E-state index in [9.17, 15) is 13.2 Å². The molecule has 1 amide bonds. The number of methoxy groups -OCH3 is 1. The molecular formula is C17H15N3O5S2. The van der Waals surface area contributed by atoms with Crippen LogP contribution in [0.4, 0.5) is 0 Å². The maximum absolute atomic E-state index is 12.3. The van der Waals surface area contributed by atoms with Crippen LogP contribution in [0.5, 0.6) is 11.5 Å². The van der Waals surface area contributed by atoms with E-state index in [1.54, 1.807) is 24.3 Å². The Hall–Kier alpha value is -2.85. The van der Waals surface area contributed by atoms with Gasteiger partial charge in [0.1, 0.15) is 16.4 Å². The monoisotopic (exact) mass is 405 g/mol. The number of nitrogens with one attached hydrogen (secondary N) is 1. The Morgan fingerprint density at radius 1 is 1.07 bits per heavy atom. The zero-order valence-electron chi connectivity index (χ0n) is 14.2. The lowest BCUT2D eigenvalue weighted by Gasteiger charge is -2.07. The normalized spacial score (nSPS) is 15.9. The molecule has 0 bridgehead atoms. The van der Waals surface area contributed by atoms with Crippen LogP contribution >= 0.6 is 11.8 Å². The first-order valence-corrected chi connectivity index (χ1v) is 10.1. The second-order valence-electron chi connectivity index (χ2n) is 5.27. The van der Waals surface area contributed by atoms with E-state index in [0.717, 1.165) is 0 Å². The average Bonchev–Trinajstić information content (AvgIpc) is 3.08. The minimum atomic E-state index is -3.94. The fourth-order valence-corrected chi connectivity index (χ4v) is 3.61. The number of hydrogen-bond donors (Lipinski definition) is 1. The minimum absolute atomic E-state index is 0.0286. The van der Waals surface area contributed by atoms with Crippen molar-refractivity contribution in [2.24, 2.45) is 10.2 Å². The summed E-state index contributed by atoms with van der Waals surface area (Å²) in [7, 11) is -2.44. The molecule has 140 valence electrons. The van der Waals surface area contributed by atoms with Gasteiger partial charge in [-0.1, -0.05) is 11.8 Å². The number of amides is 1. The van der Waals surface area contributed by atoms with Gasteiger partial charge in [0.25, 0.3) is 0 Å². The van der Waals surface area contributed by atoms with Crippen molar-refractivity contribution < 1.29 is 22.1 Å². The van der Waals surface area contributed by atoms with Gasteiger partial charge in [0.15, 0.2) is 5.17 Å². The van der Waals surface area contributed by atoms with Crippen LogP contribution in [-0.2, 0) is 14.9 Å². The molecule has 1 saturated heterocycles.